The molecule has 9 nitrogen and oxygen atoms in total. The molecule has 0 aliphatic heterocycles. The van der Waals surface area contributed by atoms with Gasteiger partial charge in [0.2, 0.25) is 11.7 Å². The van der Waals surface area contributed by atoms with Gasteiger partial charge in [-0.25, -0.2) is 4.79 Å². The van der Waals surface area contributed by atoms with Gasteiger partial charge in [-0.2, -0.15) is 8.78 Å². The van der Waals surface area contributed by atoms with Crippen LogP contribution in [0.15, 0.2) is 115 Å². The number of Topliss-reactive ketones (excluding diaryl/α,β-unsaturated/α-hetero) is 1. The lowest BCUT2D eigenvalue weighted by atomic mass is 9.94. The number of rotatable bonds is 20. The minimum Gasteiger partial charge on any atom is -0.489 e. The van der Waals surface area contributed by atoms with E-state index in [-0.39, 0.29) is 12.5 Å². The standard InChI is InChI=1S/C44H51F2N3O6/c1-30(2)37(22-14-21-32-15-8-5-9-16-32)48-42(52)44(45,46)40(50)38(27-33-23-25-36(26-24-33)55-29-35-19-12-7-13-20-35)47-41(51)39(31(3)4)49(43(53)54)28-34-17-10-6-11-18-34/h5-13,15-20,23-26,30-31,37-39H,14,21-22,27-29H2,1-4H3,(H,47,51)(H,48,52)(H,53,54)/t37-,38-,39-/m0/s1. The van der Waals surface area contributed by atoms with Crippen molar-refractivity contribution in [2.75, 3.05) is 0 Å². The number of carbonyl (C=O) groups is 4. The largest absolute Gasteiger partial charge is 0.489 e. The molecule has 0 radical (unpaired) electrons. The first-order valence-corrected chi connectivity index (χ1v) is 18.6. The van der Waals surface area contributed by atoms with Crippen molar-refractivity contribution in [2.45, 2.75) is 90.6 Å². The molecule has 3 amide bonds. The lowest BCUT2D eigenvalue weighted by Gasteiger charge is -2.33. The van der Waals surface area contributed by atoms with Crippen molar-refractivity contribution in [2.24, 2.45) is 11.8 Å². The van der Waals surface area contributed by atoms with Crippen LogP contribution in [-0.4, -0.2) is 57.7 Å². The van der Waals surface area contributed by atoms with Crippen molar-refractivity contribution in [3.63, 3.8) is 0 Å². The van der Waals surface area contributed by atoms with Crippen LogP contribution in [0, 0.1) is 11.8 Å². The fourth-order valence-corrected chi connectivity index (χ4v) is 6.37. The van der Waals surface area contributed by atoms with Crippen LogP contribution >= 0.6 is 0 Å². The van der Waals surface area contributed by atoms with E-state index in [9.17, 15) is 24.3 Å². The zero-order valence-corrected chi connectivity index (χ0v) is 31.8. The first kappa shape index (κ1) is 42.2. The van der Waals surface area contributed by atoms with Crippen LogP contribution in [0.25, 0.3) is 0 Å². The highest BCUT2D eigenvalue weighted by molar-refractivity contribution is 6.10. The van der Waals surface area contributed by atoms with Crippen molar-refractivity contribution in [3.05, 3.63) is 138 Å². The summed E-state index contributed by atoms with van der Waals surface area (Å²) in [5.74, 6) is -9.34. The maximum Gasteiger partial charge on any atom is 0.408 e. The number of hydrogen-bond acceptors (Lipinski definition) is 5. The van der Waals surface area contributed by atoms with E-state index in [1.165, 1.54) is 0 Å². The summed E-state index contributed by atoms with van der Waals surface area (Å²) in [6.07, 6.45) is -0.0785. The van der Waals surface area contributed by atoms with Gasteiger partial charge in [-0.05, 0) is 65.5 Å². The molecule has 4 aromatic rings. The Balaban J connectivity index is 1.56. The lowest BCUT2D eigenvalue weighted by molar-refractivity contribution is -0.161. The van der Waals surface area contributed by atoms with Gasteiger partial charge in [-0.1, -0.05) is 131 Å². The molecule has 0 aliphatic carbocycles. The Morgan fingerprint density at radius 3 is 1.78 bits per heavy atom. The number of carbonyl (C=O) groups excluding carboxylic acids is 3. The van der Waals surface area contributed by atoms with Gasteiger partial charge in [0, 0.05) is 19.0 Å². The minimum atomic E-state index is -4.52. The highest BCUT2D eigenvalue weighted by atomic mass is 19.3. The summed E-state index contributed by atoms with van der Waals surface area (Å²) in [7, 11) is 0. The zero-order valence-electron chi connectivity index (χ0n) is 31.8. The Morgan fingerprint density at radius 1 is 0.709 bits per heavy atom. The van der Waals surface area contributed by atoms with Gasteiger partial charge < -0.3 is 20.5 Å². The summed E-state index contributed by atoms with van der Waals surface area (Å²) in [5, 5.41) is 15.0. The Kier molecular flexibility index (Phi) is 15.5. The summed E-state index contributed by atoms with van der Waals surface area (Å²) >= 11 is 0. The summed E-state index contributed by atoms with van der Waals surface area (Å²) < 4.78 is 37.9. The van der Waals surface area contributed by atoms with Crippen LogP contribution in [0.5, 0.6) is 5.75 Å². The molecule has 0 aromatic heterocycles. The Hall–Kier alpha value is -5.58. The van der Waals surface area contributed by atoms with Crippen molar-refractivity contribution < 1.29 is 37.8 Å². The van der Waals surface area contributed by atoms with Crippen molar-refractivity contribution in [1.82, 2.24) is 15.5 Å². The van der Waals surface area contributed by atoms with Crippen LogP contribution in [0.1, 0.15) is 62.8 Å². The molecular formula is C44H51F2N3O6. The van der Waals surface area contributed by atoms with E-state index in [1.54, 1.807) is 82.3 Å². The molecule has 55 heavy (non-hydrogen) atoms. The van der Waals surface area contributed by atoms with E-state index in [4.69, 9.17) is 4.74 Å². The Morgan fingerprint density at radius 2 is 1.25 bits per heavy atom. The highest BCUT2D eigenvalue weighted by Crippen LogP contribution is 2.24. The molecule has 0 spiro atoms. The third-order valence-corrected chi connectivity index (χ3v) is 9.46. The van der Waals surface area contributed by atoms with E-state index in [0.29, 0.717) is 42.7 Å². The molecule has 0 heterocycles. The summed E-state index contributed by atoms with van der Waals surface area (Å²) in [6, 6.07) is 30.4. The maximum absolute atomic E-state index is 16.0. The quantitative estimate of drug-likeness (QED) is 0.0790. The first-order chi connectivity index (χ1) is 26.3. The predicted octanol–water partition coefficient (Wildman–Crippen LogP) is 7.87. The van der Waals surface area contributed by atoms with Crippen molar-refractivity contribution >= 4 is 23.7 Å². The second-order valence-electron chi connectivity index (χ2n) is 14.4. The molecular weight excluding hydrogens is 704 g/mol. The average molecular weight is 756 g/mol. The van der Waals surface area contributed by atoms with Gasteiger partial charge in [0.1, 0.15) is 18.4 Å². The van der Waals surface area contributed by atoms with E-state index >= 15 is 8.78 Å². The molecule has 0 unspecified atom stereocenters. The van der Waals surface area contributed by atoms with Crippen LogP contribution in [0.4, 0.5) is 13.6 Å². The summed E-state index contributed by atoms with van der Waals surface area (Å²) in [5.41, 5.74) is 3.04. The normalized spacial score (nSPS) is 13.1. The third kappa shape index (κ3) is 12.5. The van der Waals surface area contributed by atoms with Gasteiger partial charge in [-0.3, -0.25) is 19.3 Å². The topological polar surface area (TPSA) is 125 Å². The van der Waals surface area contributed by atoms with Crippen LogP contribution < -0.4 is 15.4 Å². The lowest BCUT2D eigenvalue weighted by Crippen LogP contribution is -2.60. The molecule has 292 valence electrons. The zero-order chi connectivity index (χ0) is 40.0. The van der Waals surface area contributed by atoms with E-state index in [0.717, 1.165) is 16.0 Å². The van der Waals surface area contributed by atoms with Crippen LogP contribution in [-0.2, 0) is 40.4 Å². The monoisotopic (exact) mass is 755 g/mol. The number of aryl methyl sites for hydroxylation is 1. The third-order valence-electron chi connectivity index (χ3n) is 9.46. The molecule has 0 saturated heterocycles. The smallest absolute Gasteiger partial charge is 0.408 e. The molecule has 3 N–H and O–H groups in total. The van der Waals surface area contributed by atoms with Crippen LogP contribution in [0.2, 0.25) is 0 Å². The van der Waals surface area contributed by atoms with Crippen LogP contribution in [0.3, 0.4) is 0 Å². The second-order valence-corrected chi connectivity index (χ2v) is 14.4. The molecule has 0 fully saturated rings. The number of hydrogen-bond donors (Lipinski definition) is 3. The summed E-state index contributed by atoms with van der Waals surface area (Å²) in [6.45, 7) is 7.00. The van der Waals surface area contributed by atoms with Gasteiger partial charge in [0.05, 0.1) is 6.04 Å². The first-order valence-electron chi connectivity index (χ1n) is 18.6. The number of alkyl halides is 2. The summed E-state index contributed by atoms with van der Waals surface area (Å²) in [4.78, 5) is 54.5. The SMILES string of the molecule is CC(C)[C@H](CCCc1ccccc1)NC(=O)C(F)(F)C(=O)[C@H](Cc1ccc(OCc2ccccc2)cc1)NC(=O)[C@H](C(C)C)N(Cc1ccccc1)C(=O)O. The number of ketones is 1. The molecule has 0 saturated carbocycles. The fraction of sp³-hybridized carbons (Fsp3) is 0.364. The highest BCUT2D eigenvalue weighted by Gasteiger charge is 2.51. The van der Waals surface area contributed by atoms with Gasteiger partial charge >= 0.3 is 12.0 Å². The average Bonchev–Trinajstić information content (AvgIpc) is 3.17. The number of benzene rings is 4. The second kappa shape index (κ2) is 20.2. The van der Waals surface area contributed by atoms with Gasteiger partial charge in [-0.15, -0.1) is 0 Å². The molecule has 3 atom stereocenters. The van der Waals surface area contributed by atoms with Gasteiger partial charge in [0.15, 0.2) is 0 Å². The Labute approximate surface area is 322 Å². The van der Waals surface area contributed by atoms with Crippen molar-refractivity contribution in [1.29, 1.82) is 0 Å². The molecule has 11 heteroatoms. The van der Waals surface area contributed by atoms with E-state index in [1.807, 2.05) is 60.7 Å². The van der Waals surface area contributed by atoms with Gasteiger partial charge in [0.25, 0.3) is 5.91 Å². The minimum absolute atomic E-state index is 0.158. The number of nitrogens with one attached hydrogen (secondary N) is 2. The molecule has 4 rings (SSSR count). The number of nitrogens with zero attached hydrogens (tertiary/aromatic N) is 1. The predicted molar refractivity (Wildman–Crippen MR) is 208 cm³/mol. The number of ether oxygens (including phenoxy) is 1. The number of halogens is 2. The van der Waals surface area contributed by atoms with E-state index < -0.39 is 60.1 Å². The molecule has 0 bridgehead atoms. The maximum atomic E-state index is 16.0. The number of carboxylic acid groups (broad SMARTS) is 1. The molecule has 4 aromatic carbocycles. The number of amides is 3. The van der Waals surface area contributed by atoms with E-state index in [2.05, 4.69) is 10.6 Å². The Bertz CT molecular complexity index is 1820. The fourth-order valence-electron chi connectivity index (χ4n) is 6.37. The van der Waals surface area contributed by atoms with Crippen molar-refractivity contribution in [3.8, 4) is 5.75 Å². The molecule has 0 aliphatic rings.